The molecule has 1 aliphatic rings. The molecule has 6 nitrogen and oxygen atoms in total. The lowest BCUT2D eigenvalue weighted by Crippen LogP contribution is -2.24. The standard InChI is InChI=1S/C18H23N3O3/c1-4-16-19-18(24-20-16)14-9-17(22)21(11-14)10-13-5-7-15(8-6-13)23-12(2)3/h5-8,12,14H,4,9-11H2,1-3H3. The predicted molar refractivity (Wildman–Crippen MR) is 88.7 cm³/mol. The van der Waals surface area contributed by atoms with Gasteiger partial charge in [-0.3, -0.25) is 4.79 Å². The van der Waals surface area contributed by atoms with E-state index in [4.69, 9.17) is 9.26 Å². The summed E-state index contributed by atoms with van der Waals surface area (Å²) in [6, 6.07) is 7.89. The maximum absolute atomic E-state index is 12.3. The molecule has 1 aromatic heterocycles. The van der Waals surface area contributed by atoms with Crippen molar-refractivity contribution in [3.05, 3.63) is 41.5 Å². The SMILES string of the molecule is CCc1noc(C2CC(=O)N(Cc3ccc(OC(C)C)cc3)C2)n1. The van der Waals surface area contributed by atoms with Crippen LogP contribution < -0.4 is 4.74 Å². The minimum absolute atomic E-state index is 0.00570. The molecule has 1 fully saturated rings. The molecule has 0 bridgehead atoms. The van der Waals surface area contributed by atoms with Gasteiger partial charge in [0.1, 0.15) is 5.75 Å². The van der Waals surface area contributed by atoms with Crippen molar-refractivity contribution in [1.29, 1.82) is 0 Å². The van der Waals surface area contributed by atoms with Crippen molar-refractivity contribution in [2.24, 2.45) is 0 Å². The molecule has 0 saturated carbocycles. The van der Waals surface area contributed by atoms with Gasteiger partial charge in [0.2, 0.25) is 11.8 Å². The molecule has 1 aliphatic heterocycles. The largest absolute Gasteiger partial charge is 0.491 e. The number of likely N-dealkylation sites (tertiary alicyclic amines) is 1. The van der Waals surface area contributed by atoms with Crippen LogP contribution in [0.15, 0.2) is 28.8 Å². The maximum Gasteiger partial charge on any atom is 0.232 e. The Balaban J connectivity index is 1.62. The molecule has 0 N–H and O–H groups in total. The highest BCUT2D eigenvalue weighted by molar-refractivity contribution is 5.79. The van der Waals surface area contributed by atoms with E-state index >= 15 is 0 Å². The highest BCUT2D eigenvalue weighted by Gasteiger charge is 2.34. The molecule has 6 heteroatoms. The average Bonchev–Trinajstić information content (AvgIpc) is 3.16. The normalized spacial score (nSPS) is 17.8. The highest BCUT2D eigenvalue weighted by Crippen LogP contribution is 2.28. The molecule has 1 saturated heterocycles. The molecule has 2 aromatic rings. The zero-order valence-electron chi connectivity index (χ0n) is 14.4. The monoisotopic (exact) mass is 329 g/mol. The Kier molecular flexibility index (Phi) is 4.83. The lowest BCUT2D eigenvalue weighted by molar-refractivity contribution is -0.128. The molecule has 0 radical (unpaired) electrons. The Morgan fingerprint density at radius 2 is 2.08 bits per heavy atom. The number of aryl methyl sites for hydroxylation is 1. The number of aromatic nitrogens is 2. The van der Waals surface area contributed by atoms with Gasteiger partial charge in [-0.15, -0.1) is 0 Å². The van der Waals surface area contributed by atoms with E-state index in [-0.39, 0.29) is 17.9 Å². The summed E-state index contributed by atoms with van der Waals surface area (Å²) in [6.07, 6.45) is 1.32. The Morgan fingerprint density at radius 3 is 2.71 bits per heavy atom. The fourth-order valence-electron chi connectivity index (χ4n) is 2.83. The second-order valence-corrected chi connectivity index (χ2v) is 6.39. The number of ether oxygens (including phenoxy) is 1. The van der Waals surface area contributed by atoms with E-state index in [1.54, 1.807) is 0 Å². The molecule has 3 rings (SSSR count). The number of hydrogen-bond acceptors (Lipinski definition) is 5. The van der Waals surface area contributed by atoms with E-state index in [9.17, 15) is 4.79 Å². The molecule has 1 aromatic carbocycles. The van der Waals surface area contributed by atoms with Gasteiger partial charge in [0.25, 0.3) is 0 Å². The molecule has 1 unspecified atom stereocenters. The Morgan fingerprint density at radius 1 is 1.33 bits per heavy atom. The van der Waals surface area contributed by atoms with Crippen LogP contribution in [0.5, 0.6) is 5.75 Å². The lowest BCUT2D eigenvalue weighted by atomic mass is 10.1. The number of nitrogens with zero attached hydrogens (tertiary/aromatic N) is 3. The number of rotatable bonds is 6. The first-order chi connectivity index (χ1) is 11.5. The van der Waals surface area contributed by atoms with E-state index in [1.165, 1.54) is 0 Å². The van der Waals surface area contributed by atoms with Gasteiger partial charge in [-0.2, -0.15) is 4.98 Å². The van der Waals surface area contributed by atoms with Crippen LogP contribution in [0.1, 0.15) is 50.4 Å². The molecular formula is C18H23N3O3. The zero-order valence-corrected chi connectivity index (χ0v) is 14.4. The fourth-order valence-corrected chi connectivity index (χ4v) is 2.83. The van der Waals surface area contributed by atoms with Crippen molar-refractivity contribution in [3.8, 4) is 5.75 Å². The van der Waals surface area contributed by atoms with E-state index in [2.05, 4.69) is 10.1 Å². The summed E-state index contributed by atoms with van der Waals surface area (Å²) < 4.78 is 10.9. The van der Waals surface area contributed by atoms with Gasteiger partial charge in [-0.05, 0) is 31.5 Å². The van der Waals surface area contributed by atoms with E-state index in [0.29, 0.717) is 31.2 Å². The molecule has 0 aliphatic carbocycles. The summed E-state index contributed by atoms with van der Waals surface area (Å²) in [7, 11) is 0. The summed E-state index contributed by atoms with van der Waals surface area (Å²) in [5.41, 5.74) is 1.08. The number of benzene rings is 1. The minimum Gasteiger partial charge on any atom is -0.491 e. The Bertz CT molecular complexity index is 694. The topological polar surface area (TPSA) is 68.5 Å². The second kappa shape index (κ2) is 7.03. The second-order valence-electron chi connectivity index (χ2n) is 6.39. The van der Waals surface area contributed by atoms with Crippen LogP contribution in [0, 0.1) is 0 Å². The van der Waals surface area contributed by atoms with Gasteiger partial charge in [0, 0.05) is 25.9 Å². The van der Waals surface area contributed by atoms with Gasteiger partial charge in [0.15, 0.2) is 5.82 Å². The number of carbonyl (C=O) groups excluding carboxylic acids is 1. The van der Waals surface area contributed by atoms with Gasteiger partial charge >= 0.3 is 0 Å². The third kappa shape index (κ3) is 3.75. The molecule has 0 spiro atoms. The molecule has 128 valence electrons. The van der Waals surface area contributed by atoms with Gasteiger partial charge in [0.05, 0.1) is 12.0 Å². The number of hydrogen-bond donors (Lipinski definition) is 0. The van der Waals surface area contributed by atoms with Gasteiger partial charge in [-0.25, -0.2) is 0 Å². The van der Waals surface area contributed by atoms with Crippen LogP contribution in [0.4, 0.5) is 0 Å². The van der Waals surface area contributed by atoms with Crippen molar-refractivity contribution in [3.63, 3.8) is 0 Å². The summed E-state index contributed by atoms with van der Waals surface area (Å²) in [5, 5.41) is 3.92. The van der Waals surface area contributed by atoms with Crippen LogP contribution in [0.25, 0.3) is 0 Å². The summed E-state index contributed by atoms with van der Waals surface area (Å²) >= 11 is 0. The van der Waals surface area contributed by atoms with Crippen LogP contribution >= 0.6 is 0 Å². The van der Waals surface area contributed by atoms with Crippen molar-refractivity contribution in [2.75, 3.05) is 6.54 Å². The molecule has 24 heavy (non-hydrogen) atoms. The number of carbonyl (C=O) groups is 1. The van der Waals surface area contributed by atoms with Crippen molar-refractivity contribution in [2.45, 2.75) is 52.2 Å². The van der Waals surface area contributed by atoms with Crippen LogP contribution in [0.3, 0.4) is 0 Å². The quantitative estimate of drug-likeness (QED) is 0.815. The van der Waals surface area contributed by atoms with E-state index in [0.717, 1.165) is 17.7 Å². The molecule has 1 amide bonds. The lowest BCUT2D eigenvalue weighted by Gasteiger charge is -2.16. The fraction of sp³-hybridized carbons (Fsp3) is 0.500. The molecule has 1 atom stereocenters. The first-order valence-corrected chi connectivity index (χ1v) is 8.41. The van der Waals surface area contributed by atoms with Crippen LogP contribution in [0.2, 0.25) is 0 Å². The van der Waals surface area contributed by atoms with Crippen molar-refractivity contribution >= 4 is 5.91 Å². The van der Waals surface area contributed by atoms with Gasteiger partial charge < -0.3 is 14.2 Å². The molecular weight excluding hydrogens is 306 g/mol. The Hall–Kier alpha value is -2.37. The highest BCUT2D eigenvalue weighted by atomic mass is 16.5. The van der Waals surface area contributed by atoms with E-state index < -0.39 is 0 Å². The first-order valence-electron chi connectivity index (χ1n) is 8.41. The Labute approximate surface area is 141 Å². The summed E-state index contributed by atoms with van der Waals surface area (Å²) in [4.78, 5) is 18.5. The zero-order chi connectivity index (χ0) is 17.1. The van der Waals surface area contributed by atoms with Crippen molar-refractivity contribution in [1.82, 2.24) is 15.0 Å². The third-order valence-corrected chi connectivity index (χ3v) is 4.03. The average molecular weight is 329 g/mol. The minimum atomic E-state index is -0.00570. The summed E-state index contributed by atoms with van der Waals surface area (Å²) in [5.74, 6) is 2.23. The van der Waals surface area contributed by atoms with E-state index in [1.807, 2.05) is 49.9 Å². The third-order valence-electron chi connectivity index (χ3n) is 4.03. The maximum atomic E-state index is 12.3. The van der Waals surface area contributed by atoms with Crippen LogP contribution in [-0.4, -0.2) is 33.6 Å². The van der Waals surface area contributed by atoms with Crippen molar-refractivity contribution < 1.29 is 14.1 Å². The first kappa shape index (κ1) is 16.5. The van der Waals surface area contributed by atoms with Gasteiger partial charge in [-0.1, -0.05) is 24.2 Å². The summed E-state index contributed by atoms with van der Waals surface area (Å²) in [6.45, 7) is 7.19. The number of amides is 1. The van der Waals surface area contributed by atoms with Crippen LogP contribution in [-0.2, 0) is 17.8 Å². The molecule has 2 heterocycles. The smallest absolute Gasteiger partial charge is 0.232 e. The predicted octanol–water partition coefficient (Wildman–Crippen LogP) is 2.94.